The van der Waals surface area contributed by atoms with Crippen LogP contribution < -0.4 is 10.5 Å². The van der Waals surface area contributed by atoms with Crippen molar-refractivity contribution in [3.63, 3.8) is 0 Å². The van der Waals surface area contributed by atoms with E-state index < -0.39 is 10.0 Å². The zero-order valence-electron chi connectivity index (χ0n) is 10.1. The first-order valence-corrected chi connectivity index (χ1v) is 7.71. The van der Waals surface area contributed by atoms with E-state index >= 15 is 0 Å². The molecular formula is C12H16N2O2S2. The number of thiocarbonyl (C=S) groups is 1. The largest absolute Gasteiger partial charge is 0.389 e. The van der Waals surface area contributed by atoms with E-state index in [9.17, 15) is 8.42 Å². The van der Waals surface area contributed by atoms with Gasteiger partial charge in [-0.15, -0.1) is 0 Å². The van der Waals surface area contributed by atoms with Gasteiger partial charge in [-0.25, -0.2) is 13.1 Å². The van der Waals surface area contributed by atoms with Crippen molar-refractivity contribution in [2.24, 2.45) is 11.7 Å². The molecule has 98 valence electrons. The van der Waals surface area contributed by atoms with Crippen LogP contribution >= 0.6 is 12.2 Å². The Hall–Kier alpha value is -0.980. The molecule has 0 heterocycles. The van der Waals surface area contributed by atoms with Crippen molar-refractivity contribution in [1.29, 1.82) is 0 Å². The molecule has 1 atom stereocenters. The highest BCUT2D eigenvalue weighted by atomic mass is 32.2. The lowest BCUT2D eigenvalue weighted by molar-refractivity contribution is 0.538. The zero-order chi connectivity index (χ0) is 13.3. The van der Waals surface area contributed by atoms with E-state index in [0.29, 0.717) is 11.5 Å². The summed E-state index contributed by atoms with van der Waals surface area (Å²) >= 11 is 4.85. The predicted molar refractivity (Wildman–Crippen MR) is 74.8 cm³/mol. The minimum absolute atomic E-state index is 0.0246. The lowest BCUT2D eigenvalue weighted by Gasteiger charge is -2.13. The van der Waals surface area contributed by atoms with Crippen molar-refractivity contribution in [2.45, 2.75) is 30.7 Å². The van der Waals surface area contributed by atoms with Gasteiger partial charge >= 0.3 is 0 Å². The Bertz CT molecular complexity index is 565. The molecule has 6 heteroatoms. The Labute approximate surface area is 113 Å². The fraction of sp³-hybridized carbons (Fsp3) is 0.417. The first-order chi connectivity index (χ1) is 8.40. The highest BCUT2D eigenvalue weighted by molar-refractivity contribution is 7.89. The number of nitrogens with two attached hydrogens (primary N) is 1. The molecule has 18 heavy (non-hydrogen) atoms. The van der Waals surface area contributed by atoms with Gasteiger partial charge in [0.05, 0.1) is 4.90 Å². The third-order valence-corrected chi connectivity index (χ3v) is 4.89. The smallest absolute Gasteiger partial charge is 0.240 e. The van der Waals surface area contributed by atoms with Crippen LogP contribution in [0.25, 0.3) is 0 Å². The van der Waals surface area contributed by atoms with Crippen LogP contribution in [-0.4, -0.2) is 19.4 Å². The second kappa shape index (κ2) is 4.95. The molecule has 0 bridgehead atoms. The van der Waals surface area contributed by atoms with Gasteiger partial charge in [-0.05, 0) is 37.8 Å². The molecule has 0 amide bonds. The molecule has 1 aliphatic rings. The van der Waals surface area contributed by atoms with Crippen LogP contribution in [0.3, 0.4) is 0 Å². The topological polar surface area (TPSA) is 72.2 Å². The van der Waals surface area contributed by atoms with Crippen molar-refractivity contribution in [3.05, 3.63) is 29.8 Å². The molecule has 0 aliphatic heterocycles. The molecule has 0 saturated heterocycles. The van der Waals surface area contributed by atoms with Crippen LogP contribution in [0.15, 0.2) is 29.2 Å². The van der Waals surface area contributed by atoms with E-state index in [-0.39, 0.29) is 15.9 Å². The fourth-order valence-corrected chi connectivity index (χ4v) is 3.31. The van der Waals surface area contributed by atoms with Gasteiger partial charge in [-0.3, -0.25) is 0 Å². The second-order valence-corrected chi connectivity index (χ2v) is 6.79. The van der Waals surface area contributed by atoms with Crippen LogP contribution in [0.5, 0.6) is 0 Å². The van der Waals surface area contributed by atoms with Gasteiger partial charge in [0.25, 0.3) is 0 Å². The van der Waals surface area contributed by atoms with Crippen molar-refractivity contribution in [1.82, 2.24) is 4.72 Å². The molecule has 0 spiro atoms. The van der Waals surface area contributed by atoms with Crippen LogP contribution in [0, 0.1) is 5.92 Å². The summed E-state index contributed by atoms with van der Waals surface area (Å²) in [6, 6.07) is 6.37. The summed E-state index contributed by atoms with van der Waals surface area (Å²) in [5.41, 5.74) is 6.06. The molecule has 0 radical (unpaired) electrons. The summed E-state index contributed by atoms with van der Waals surface area (Å²) in [5, 5.41) is 0. The van der Waals surface area contributed by atoms with Gasteiger partial charge in [0.2, 0.25) is 10.0 Å². The first kappa shape index (κ1) is 13.5. The Balaban J connectivity index is 2.23. The quantitative estimate of drug-likeness (QED) is 0.802. The number of rotatable bonds is 5. The Morgan fingerprint density at radius 1 is 1.50 bits per heavy atom. The normalized spacial score (nSPS) is 17.4. The summed E-state index contributed by atoms with van der Waals surface area (Å²) in [4.78, 5) is 0.405. The highest BCUT2D eigenvalue weighted by Crippen LogP contribution is 2.33. The molecule has 3 N–H and O–H groups in total. The SMILES string of the molecule is CC(NS(=O)(=O)c1cccc(C(N)=S)c1)C1CC1. The van der Waals surface area contributed by atoms with E-state index in [1.54, 1.807) is 18.2 Å². The Kier molecular flexibility index (Phi) is 3.70. The molecule has 4 nitrogen and oxygen atoms in total. The van der Waals surface area contributed by atoms with Crippen molar-refractivity contribution < 1.29 is 8.42 Å². The van der Waals surface area contributed by atoms with Crippen LogP contribution in [0.2, 0.25) is 0 Å². The number of hydrogen-bond acceptors (Lipinski definition) is 3. The van der Waals surface area contributed by atoms with E-state index in [4.69, 9.17) is 18.0 Å². The van der Waals surface area contributed by atoms with Gasteiger partial charge in [0, 0.05) is 11.6 Å². The summed E-state index contributed by atoms with van der Waals surface area (Å²) in [6.07, 6.45) is 2.19. The molecule has 0 aromatic heterocycles. The van der Waals surface area contributed by atoms with Gasteiger partial charge in [-0.2, -0.15) is 0 Å². The maximum atomic E-state index is 12.2. The summed E-state index contributed by atoms with van der Waals surface area (Å²) in [7, 11) is -3.49. The lowest BCUT2D eigenvalue weighted by atomic mass is 10.2. The van der Waals surface area contributed by atoms with E-state index in [1.807, 2.05) is 6.92 Å². The molecule has 1 aromatic carbocycles. The van der Waals surface area contributed by atoms with Gasteiger partial charge < -0.3 is 5.73 Å². The molecule has 1 saturated carbocycles. The van der Waals surface area contributed by atoms with E-state index in [2.05, 4.69) is 4.72 Å². The first-order valence-electron chi connectivity index (χ1n) is 5.82. The van der Waals surface area contributed by atoms with Crippen molar-refractivity contribution >= 4 is 27.2 Å². The number of hydrogen-bond donors (Lipinski definition) is 2. The van der Waals surface area contributed by atoms with Crippen molar-refractivity contribution in [3.8, 4) is 0 Å². The summed E-state index contributed by atoms with van der Waals surface area (Å²) < 4.78 is 27.0. The molecule has 1 aliphatic carbocycles. The van der Waals surface area contributed by atoms with Crippen molar-refractivity contribution in [2.75, 3.05) is 0 Å². The minimum Gasteiger partial charge on any atom is -0.389 e. The van der Waals surface area contributed by atoms with E-state index in [0.717, 1.165) is 12.8 Å². The predicted octanol–water partition coefficient (Wildman–Crippen LogP) is 1.40. The minimum atomic E-state index is -3.49. The third-order valence-electron chi connectivity index (χ3n) is 3.10. The fourth-order valence-electron chi connectivity index (χ4n) is 1.82. The average molecular weight is 284 g/mol. The number of nitrogens with one attached hydrogen (secondary N) is 1. The molecule has 1 unspecified atom stereocenters. The maximum Gasteiger partial charge on any atom is 0.240 e. The second-order valence-electron chi connectivity index (χ2n) is 4.64. The van der Waals surface area contributed by atoms with Crippen LogP contribution in [0.1, 0.15) is 25.3 Å². The van der Waals surface area contributed by atoms with Gasteiger partial charge in [0.1, 0.15) is 4.99 Å². The highest BCUT2D eigenvalue weighted by Gasteiger charge is 2.31. The summed E-state index contributed by atoms with van der Waals surface area (Å²) in [6.45, 7) is 1.90. The summed E-state index contributed by atoms with van der Waals surface area (Å²) in [5.74, 6) is 0.471. The standard InChI is InChI=1S/C12H16N2O2S2/c1-8(9-5-6-9)14-18(15,16)11-4-2-3-10(7-11)12(13)17/h2-4,7-9,14H,5-6H2,1H3,(H2,13,17). The maximum absolute atomic E-state index is 12.2. The number of benzene rings is 1. The number of sulfonamides is 1. The molecule has 1 aromatic rings. The van der Waals surface area contributed by atoms with Gasteiger partial charge in [-0.1, -0.05) is 24.4 Å². The molecule has 2 rings (SSSR count). The Morgan fingerprint density at radius 3 is 2.72 bits per heavy atom. The monoisotopic (exact) mass is 284 g/mol. The lowest BCUT2D eigenvalue weighted by Crippen LogP contribution is -2.34. The Morgan fingerprint density at radius 2 is 2.17 bits per heavy atom. The van der Waals surface area contributed by atoms with Crippen LogP contribution in [0.4, 0.5) is 0 Å². The third kappa shape index (κ3) is 3.07. The molecular weight excluding hydrogens is 268 g/mol. The molecule has 1 fully saturated rings. The van der Waals surface area contributed by atoms with Crippen LogP contribution in [-0.2, 0) is 10.0 Å². The van der Waals surface area contributed by atoms with E-state index in [1.165, 1.54) is 6.07 Å². The average Bonchev–Trinajstić information content (AvgIpc) is 3.12. The zero-order valence-corrected chi connectivity index (χ0v) is 11.7. The van der Waals surface area contributed by atoms with Gasteiger partial charge in [0.15, 0.2) is 0 Å².